The van der Waals surface area contributed by atoms with Crippen molar-refractivity contribution in [2.24, 2.45) is 11.8 Å². The van der Waals surface area contributed by atoms with Gasteiger partial charge < -0.3 is 28.4 Å². The first kappa shape index (κ1) is 32.5. The Bertz CT molecular complexity index is 1300. The van der Waals surface area contributed by atoms with Crippen molar-refractivity contribution < 1.29 is 33.2 Å². The fourth-order valence-electron chi connectivity index (χ4n) is 6.21. The summed E-state index contributed by atoms with van der Waals surface area (Å²) in [4.78, 5) is 13.2. The van der Waals surface area contributed by atoms with Gasteiger partial charge in [-0.2, -0.15) is 0 Å². The summed E-state index contributed by atoms with van der Waals surface area (Å²) in [7, 11) is 9.02. The highest BCUT2D eigenvalue weighted by Gasteiger charge is 2.43. The molecule has 7 nitrogen and oxygen atoms in total. The molecule has 43 heavy (non-hydrogen) atoms. The number of hydrogen-bond donors (Lipinski definition) is 0. The third-order valence-electron chi connectivity index (χ3n) is 8.39. The second-order valence-corrected chi connectivity index (χ2v) is 14.1. The fraction of sp³-hybridized carbons (Fsp3) is 0.457. The zero-order valence-corrected chi connectivity index (χ0v) is 28.0. The summed E-state index contributed by atoms with van der Waals surface area (Å²) in [5, 5.41) is 1.19. The molecule has 1 heterocycles. The number of benzene rings is 3. The predicted octanol–water partition coefficient (Wildman–Crippen LogP) is 7.59. The standard InChI is InChI=1S/C35H45O7P/c1-20(2)31-14-22(36)15-32(21(3)4)43(31)35-25(33-27(39-7)16-23(37-5)17-28(33)40-8)12-11-13-26(35)34-29(41-9)18-24(38-6)19-30(34)42-10/h11-13,16-21,31-32H,14-15H2,1-10H3. The van der Waals surface area contributed by atoms with Gasteiger partial charge in [-0.05, 0) is 39.6 Å². The Hall–Kier alpha value is -3.44. The Morgan fingerprint density at radius 2 is 0.953 bits per heavy atom. The molecule has 1 fully saturated rings. The highest BCUT2D eigenvalue weighted by atomic mass is 31.1. The van der Waals surface area contributed by atoms with Crippen LogP contribution in [0.1, 0.15) is 40.5 Å². The summed E-state index contributed by atoms with van der Waals surface area (Å²) in [6.45, 7) is 8.95. The van der Waals surface area contributed by atoms with Crippen LogP contribution in [0.2, 0.25) is 0 Å². The first-order valence-corrected chi connectivity index (χ1v) is 16.2. The van der Waals surface area contributed by atoms with Crippen LogP contribution in [0.15, 0.2) is 42.5 Å². The van der Waals surface area contributed by atoms with Crippen molar-refractivity contribution in [1.29, 1.82) is 0 Å². The van der Waals surface area contributed by atoms with Gasteiger partial charge in [0.05, 0.1) is 53.8 Å². The van der Waals surface area contributed by atoms with E-state index in [0.29, 0.717) is 65.0 Å². The lowest BCUT2D eigenvalue weighted by atomic mass is 9.95. The van der Waals surface area contributed by atoms with Crippen LogP contribution in [0.4, 0.5) is 0 Å². The number of carbonyl (C=O) groups excluding carboxylic acids is 1. The molecule has 1 aliphatic rings. The second-order valence-electron chi connectivity index (χ2n) is 11.5. The molecule has 0 aliphatic carbocycles. The van der Waals surface area contributed by atoms with Crippen LogP contribution in [-0.2, 0) is 4.79 Å². The summed E-state index contributed by atoms with van der Waals surface area (Å²) in [5.74, 6) is 4.82. The predicted molar refractivity (Wildman–Crippen MR) is 175 cm³/mol. The lowest BCUT2D eigenvalue weighted by Crippen LogP contribution is -2.38. The number of methoxy groups -OCH3 is 6. The van der Waals surface area contributed by atoms with E-state index >= 15 is 0 Å². The third kappa shape index (κ3) is 6.28. The van der Waals surface area contributed by atoms with Crippen molar-refractivity contribution in [2.45, 2.75) is 51.9 Å². The largest absolute Gasteiger partial charge is 0.496 e. The van der Waals surface area contributed by atoms with E-state index in [2.05, 4.69) is 45.9 Å². The van der Waals surface area contributed by atoms with Crippen molar-refractivity contribution in [3.8, 4) is 56.8 Å². The van der Waals surface area contributed by atoms with Gasteiger partial charge in [0.25, 0.3) is 0 Å². The van der Waals surface area contributed by atoms with Gasteiger partial charge in [-0.1, -0.05) is 53.8 Å². The zero-order valence-electron chi connectivity index (χ0n) is 27.1. The lowest BCUT2D eigenvalue weighted by Gasteiger charge is -2.44. The molecule has 0 N–H and O–H groups in total. The van der Waals surface area contributed by atoms with Gasteiger partial charge in [0.1, 0.15) is 40.3 Å². The quantitative estimate of drug-likeness (QED) is 0.208. The monoisotopic (exact) mass is 608 g/mol. The first-order valence-electron chi connectivity index (χ1n) is 14.7. The van der Waals surface area contributed by atoms with Crippen molar-refractivity contribution in [3.63, 3.8) is 0 Å². The fourth-order valence-corrected chi connectivity index (χ4v) is 10.4. The second kappa shape index (κ2) is 13.9. The lowest BCUT2D eigenvalue weighted by molar-refractivity contribution is -0.119. The molecular weight excluding hydrogens is 563 g/mol. The minimum atomic E-state index is -0.886. The molecule has 0 amide bonds. The molecule has 2 atom stereocenters. The number of rotatable bonds is 11. The van der Waals surface area contributed by atoms with Crippen LogP contribution < -0.4 is 33.7 Å². The third-order valence-corrected chi connectivity index (χ3v) is 12.4. The molecule has 4 rings (SSSR count). The average molecular weight is 609 g/mol. The molecule has 8 heteroatoms. The zero-order chi connectivity index (χ0) is 31.4. The minimum Gasteiger partial charge on any atom is -0.496 e. The van der Waals surface area contributed by atoms with Gasteiger partial charge in [0, 0.05) is 37.1 Å². The normalized spacial score (nSPS) is 18.5. The molecular formula is C35H45O7P. The molecule has 0 aromatic heterocycles. The van der Waals surface area contributed by atoms with Gasteiger partial charge in [-0.25, -0.2) is 0 Å². The molecule has 3 aromatic carbocycles. The van der Waals surface area contributed by atoms with Gasteiger partial charge >= 0.3 is 0 Å². The van der Waals surface area contributed by atoms with Crippen LogP contribution in [0, 0.1) is 11.8 Å². The minimum absolute atomic E-state index is 0.189. The number of hydrogen-bond acceptors (Lipinski definition) is 7. The summed E-state index contributed by atoms with van der Waals surface area (Å²) >= 11 is 0. The Morgan fingerprint density at radius 1 is 0.605 bits per heavy atom. The van der Waals surface area contributed by atoms with Crippen LogP contribution in [0.5, 0.6) is 34.5 Å². The number of Topliss-reactive ketones (excluding diaryl/α,β-unsaturated/α-hetero) is 1. The maximum Gasteiger partial charge on any atom is 0.134 e. The van der Waals surface area contributed by atoms with Gasteiger partial charge in [-0.3, -0.25) is 4.79 Å². The van der Waals surface area contributed by atoms with E-state index in [4.69, 9.17) is 28.4 Å². The van der Waals surface area contributed by atoms with Crippen molar-refractivity contribution in [2.75, 3.05) is 42.7 Å². The molecule has 0 bridgehead atoms. The Morgan fingerprint density at radius 3 is 1.23 bits per heavy atom. The molecule has 0 spiro atoms. The SMILES string of the molecule is COc1cc(OC)c(-c2cccc(-c3c(OC)cc(OC)cc3OC)c2P2C(C(C)C)CC(=O)CC2C(C)C)c(OC)c1. The summed E-state index contributed by atoms with van der Waals surface area (Å²) in [5.41, 5.74) is 4.08. The Balaban J connectivity index is 2.21. The maximum atomic E-state index is 13.2. The van der Waals surface area contributed by atoms with Crippen LogP contribution in [0.3, 0.4) is 0 Å². The van der Waals surface area contributed by atoms with E-state index < -0.39 is 7.92 Å². The topological polar surface area (TPSA) is 72.5 Å². The van der Waals surface area contributed by atoms with Crippen LogP contribution >= 0.6 is 7.92 Å². The highest BCUT2D eigenvalue weighted by molar-refractivity contribution is 7.68. The molecule has 232 valence electrons. The van der Waals surface area contributed by atoms with Crippen LogP contribution in [0.25, 0.3) is 22.3 Å². The number of ketones is 1. The number of carbonyl (C=O) groups is 1. The van der Waals surface area contributed by atoms with Crippen LogP contribution in [-0.4, -0.2) is 59.8 Å². The summed E-state index contributed by atoms with van der Waals surface area (Å²) in [6.07, 6.45) is 1.13. The summed E-state index contributed by atoms with van der Waals surface area (Å²) < 4.78 is 35.1. The molecule has 2 unspecified atom stereocenters. The van der Waals surface area contributed by atoms with E-state index in [0.717, 1.165) is 22.3 Å². The maximum absolute atomic E-state index is 13.2. The highest BCUT2D eigenvalue weighted by Crippen LogP contribution is 2.61. The van der Waals surface area contributed by atoms with E-state index in [1.807, 2.05) is 24.3 Å². The van der Waals surface area contributed by atoms with Crippen molar-refractivity contribution in [1.82, 2.24) is 0 Å². The van der Waals surface area contributed by atoms with E-state index in [-0.39, 0.29) is 11.3 Å². The van der Waals surface area contributed by atoms with E-state index in [9.17, 15) is 4.79 Å². The van der Waals surface area contributed by atoms with Crippen molar-refractivity contribution in [3.05, 3.63) is 42.5 Å². The molecule has 0 saturated carbocycles. The Kier molecular flexibility index (Phi) is 10.5. The van der Waals surface area contributed by atoms with Crippen molar-refractivity contribution >= 4 is 19.0 Å². The van der Waals surface area contributed by atoms with Gasteiger partial charge in [-0.15, -0.1) is 0 Å². The number of ether oxygens (including phenoxy) is 6. The van der Waals surface area contributed by atoms with Gasteiger partial charge in [0.2, 0.25) is 0 Å². The van der Waals surface area contributed by atoms with E-state index in [1.165, 1.54) is 5.30 Å². The first-order chi connectivity index (χ1) is 20.6. The molecule has 1 aliphatic heterocycles. The molecule has 3 aromatic rings. The van der Waals surface area contributed by atoms with Gasteiger partial charge in [0.15, 0.2) is 0 Å². The van der Waals surface area contributed by atoms with E-state index in [1.54, 1.807) is 42.7 Å². The average Bonchev–Trinajstić information content (AvgIpc) is 3.02. The Labute approximate surface area is 257 Å². The summed E-state index contributed by atoms with van der Waals surface area (Å²) in [6, 6.07) is 13.9. The molecule has 0 radical (unpaired) electrons. The molecule has 1 saturated heterocycles. The smallest absolute Gasteiger partial charge is 0.134 e.